The lowest BCUT2D eigenvalue weighted by molar-refractivity contribution is 0.0887. The fourth-order valence-corrected chi connectivity index (χ4v) is 3.37. The summed E-state index contributed by atoms with van der Waals surface area (Å²) >= 11 is 0. The van der Waals surface area contributed by atoms with E-state index in [2.05, 4.69) is 0 Å². The van der Waals surface area contributed by atoms with Gasteiger partial charge in [0.05, 0.1) is 23.3 Å². The zero-order valence-electron chi connectivity index (χ0n) is 14.1. The van der Waals surface area contributed by atoms with Crippen LogP contribution in [0.4, 0.5) is 0 Å². The summed E-state index contributed by atoms with van der Waals surface area (Å²) in [5.41, 5.74) is 1.69. The molecule has 0 spiro atoms. The van der Waals surface area contributed by atoms with Crippen molar-refractivity contribution in [1.82, 2.24) is 0 Å². The average molecular weight is 356 g/mol. The third-order valence-corrected chi connectivity index (χ3v) is 4.71. The molecule has 0 saturated heterocycles. The molecule has 0 amide bonds. The summed E-state index contributed by atoms with van der Waals surface area (Å²) in [5, 5.41) is 37.9. The monoisotopic (exact) mass is 356 g/mol. The molecule has 26 heavy (non-hydrogen) atoms. The molecule has 136 valence electrons. The van der Waals surface area contributed by atoms with Crippen LogP contribution in [-0.2, 0) is 0 Å². The third kappa shape index (κ3) is 3.34. The van der Waals surface area contributed by atoms with E-state index in [4.69, 9.17) is 0 Å². The molecule has 0 saturated carbocycles. The molecule has 2 aliphatic rings. The van der Waals surface area contributed by atoms with Gasteiger partial charge in [-0.1, -0.05) is 24.3 Å². The number of hydrogen-bond acceptors (Lipinski definition) is 6. The Labute approximate surface area is 150 Å². The van der Waals surface area contributed by atoms with Gasteiger partial charge in [-0.3, -0.25) is 9.59 Å². The van der Waals surface area contributed by atoms with Gasteiger partial charge < -0.3 is 20.4 Å². The summed E-state index contributed by atoms with van der Waals surface area (Å²) in [6.07, 6.45) is 0.307. The summed E-state index contributed by atoms with van der Waals surface area (Å²) < 4.78 is 0. The lowest BCUT2D eigenvalue weighted by Gasteiger charge is -2.20. The van der Waals surface area contributed by atoms with E-state index in [9.17, 15) is 30.0 Å². The lowest BCUT2D eigenvalue weighted by atomic mass is 9.88. The second-order valence-corrected chi connectivity index (χ2v) is 6.44. The van der Waals surface area contributed by atoms with Gasteiger partial charge >= 0.3 is 0 Å². The van der Waals surface area contributed by atoms with Crippen LogP contribution in [0.1, 0.15) is 69.7 Å². The Kier molecular flexibility index (Phi) is 5.06. The molecule has 0 bridgehead atoms. The third-order valence-electron chi connectivity index (χ3n) is 4.71. The van der Waals surface area contributed by atoms with Crippen LogP contribution in [0.15, 0.2) is 36.4 Å². The number of aliphatic hydroxyl groups is 2. The standard InChI is InChI=1S/2C10H10O3/c2*11-7-4-5-9(13)10-6(7)2-1-3-8(10)12/h2*1-3,7,11-12H,4-5H2/t2*7-/m10/s1. The molecule has 0 aromatic heterocycles. The highest BCUT2D eigenvalue weighted by molar-refractivity contribution is 6.01. The van der Waals surface area contributed by atoms with Crippen molar-refractivity contribution in [2.24, 2.45) is 0 Å². The van der Waals surface area contributed by atoms with E-state index < -0.39 is 12.2 Å². The number of aromatic hydroxyl groups is 2. The van der Waals surface area contributed by atoms with E-state index in [1.165, 1.54) is 12.1 Å². The summed E-state index contributed by atoms with van der Waals surface area (Å²) in [7, 11) is 0. The van der Waals surface area contributed by atoms with E-state index in [0.29, 0.717) is 47.9 Å². The van der Waals surface area contributed by atoms with Crippen LogP contribution >= 0.6 is 0 Å². The van der Waals surface area contributed by atoms with Crippen molar-refractivity contribution in [3.8, 4) is 11.5 Å². The Balaban J connectivity index is 0.000000151. The zero-order chi connectivity index (χ0) is 18.8. The van der Waals surface area contributed by atoms with Crippen molar-refractivity contribution in [3.05, 3.63) is 58.7 Å². The largest absolute Gasteiger partial charge is 0.507 e. The highest BCUT2D eigenvalue weighted by Crippen LogP contribution is 2.35. The first-order chi connectivity index (χ1) is 12.4. The van der Waals surface area contributed by atoms with Crippen LogP contribution in [0.5, 0.6) is 11.5 Å². The smallest absolute Gasteiger partial charge is 0.167 e. The maximum atomic E-state index is 11.4. The fraction of sp³-hybridized carbons (Fsp3) is 0.300. The Hall–Kier alpha value is -2.70. The van der Waals surface area contributed by atoms with Crippen LogP contribution in [0.3, 0.4) is 0 Å². The molecule has 2 aromatic rings. The lowest BCUT2D eigenvalue weighted by Crippen LogP contribution is -2.15. The summed E-state index contributed by atoms with van der Waals surface area (Å²) in [5.74, 6) is -0.223. The van der Waals surface area contributed by atoms with E-state index in [0.717, 1.165) is 0 Å². The second kappa shape index (κ2) is 7.27. The molecule has 0 fully saturated rings. The summed E-state index contributed by atoms with van der Waals surface area (Å²) in [4.78, 5) is 22.8. The van der Waals surface area contributed by atoms with E-state index >= 15 is 0 Å². The predicted molar refractivity (Wildman–Crippen MR) is 93.3 cm³/mol. The van der Waals surface area contributed by atoms with Crippen molar-refractivity contribution in [1.29, 1.82) is 0 Å². The molecule has 2 atom stereocenters. The van der Waals surface area contributed by atoms with Gasteiger partial charge in [0.2, 0.25) is 0 Å². The van der Waals surface area contributed by atoms with Gasteiger partial charge in [0.1, 0.15) is 11.5 Å². The summed E-state index contributed by atoms with van der Waals surface area (Å²) in [6, 6.07) is 9.56. The van der Waals surface area contributed by atoms with Gasteiger partial charge in [0, 0.05) is 12.8 Å². The van der Waals surface area contributed by atoms with Crippen LogP contribution < -0.4 is 0 Å². The minimum absolute atomic E-state index is 0.0266. The highest BCUT2D eigenvalue weighted by Gasteiger charge is 2.27. The average Bonchev–Trinajstić information content (AvgIpc) is 2.62. The minimum atomic E-state index is -0.611. The van der Waals surface area contributed by atoms with Crippen molar-refractivity contribution in [2.45, 2.75) is 37.9 Å². The molecule has 0 unspecified atom stereocenters. The molecule has 0 aliphatic heterocycles. The molecule has 6 heteroatoms. The maximum absolute atomic E-state index is 11.4. The number of phenols is 2. The van der Waals surface area contributed by atoms with Crippen molar-refractivity contribution >= 4 is 11.6 Å². The van der Waals surface area contributed by atoms with Crippen LogP contribution in [0.25, 0.3) is 0 Å². The van der Waals surface area contributed by atoms with Crippen LogP contribution in [-0.4, -0.2) is 32.0 Å². The normalized spacial score (nSPS) is 21.3. The quantitative estimate of drug-likeness (QED) is 0.577. The van der Waals surface area contributed by atoms with Crippen LogP contribution in [0.2, 0.25) is 0 Å². The van der Waals surface area contributed by atoms with Gasteiger partial charge in [0.15, 0.2) is 11.6 Å². The maximum Gasteiger partial charge on any atom is 0.167 e. The van der Waals surface area contributed by atoms with Gasteiger partial charge in [-0.15, -0.1) is 0 Å². The molecule has 2 aliphatic carbocycles. The van der Waals surface area contributed by atoms with E-state index in [-0.39, 0.29) is 23.1 Å². The van der Waals surface area contributed by atoms with Gasteiger partial charge in [0.25, 0.3) is 0 Å². The molecular formula is C20H20O6. The number of hydrogen-bond donors (Lipinski definition) is 4. The van der Waals surface area contributed by atoms with Gasteiger partial charge in [-0.05, 0) is 36.1 Å². The SMILES string of the molecule is O=C1CC[C@@H](O)c2cccc(O)c21.O=C1CC[C@H](O)c2cccc(O)c21. The van der Waals surface area contributed by atoms with Crippen molar-refractivity contribution in [3.63, 3.8) is 0 Å². The number of phenolic OH excluding ortho intramolecular Hbond substituents is 2. The molecule has 4 N–H and O–H groups in total. The van der Waals surface area contributed by atoms with Gasteiger partial charge in [-0.25, -0.2) is 0 Å². The number of Topliss-reactive ketones (excluding diaryl/α,β-unsaturated/α-hetero) is 2. The molecule has 2 aromatic carbocycles. The minimum Gasteiger partial charge on any atom is -0.507 e. The number of fused-ring (bicyclic) bond motifs is 2. The fourth-order valence-electron chi connectivity index (χ4n) is 3.37. The zero-order valence-corrected chi connectivity index (χ0v) is 14.1. The Morgan fingerprint density at radius 3 is 1.42 bits per heavy atom. The number of carbonyl (C=O) groups is 2. The topological polar surface area (TPSA) is 115 Å². The van der Waals surface area contributed by atoms with Crippen molar-refractivity contribution in [2.75, 3.05) is 0 Å². The first-order valence-corrected chi connectivity index (χ1v) is 8.46. The molecule has 4 rings (SSSR count). The first kappa shape index (κ1) is 18.1. The number of aliphatic hydroxyl groups excluding tert-OH is 2. The molecule has 6 nitrogen and oxygen atoms in total. The summed E-state index contributed by atoms with van der Waals surface area (Å²) in [6.45, 7) is 0. The Morgan fingerprint density at radius 2 is 1.08 bits per heavy atom. The Bertz CT molecular complexity index is 786. The van der Waals surface area contributed by atoms with Crippen LogP contribution in [0, 0.1) is 0 Å². The number of carbonyl (C=O) groups excluding carboxylic acids is 2. The van der Waals surface area contributed by atoms with E-state index in [1.54, 1.807) is 24.3 Å². The number of ketones is 2. The predicted octanol–water partition coefficient (Wildman–Crippen LogP) is 2.80. The molecule has 0 radical (unpaired) electrons. The number of rotatable bonds is 0. The second-order valence-electron chi connectivity index (χ2n) is 6.44. The van der Waals surface area contributed by atoms with Crippen molar-refractivity contribution < 1.29 is 30.0 Å². The first-order valence-electron chi connectivity index (χ1n) is 8.46. The molecule has 0 heterocycles. The highest BCUT2D eigenvalue weighted by atomic mass is 16.3. The van der Waals surface area contributed by atoms with E-state index in [1.807, 2.05) is 0 Å². The number of benzene rings is 2. The molecular weight excluding hydrogens is 336 g/mol. The van der Waals surface area contributed by atoms with Gasteiger partial charge in [-0.2, -0.15) is 0 Å². The Morgan fingerprint density at radius 1 is 0.692 bits per heavy atom.